The van der Waals surface area contributed by atoms with Crippen molar-refractivity contribution in [2.24, 2.45) is 0 Å². The minimum atomic E-state index is 0. The Bertz CT molecular complexity index is 136. The van der Waals surface area contributed by atoms with Crippen LogP contribution in [-0.4, -0.2) is 27.0 Å². The largest absolute Gasteiger partial charge is 2.00 e. The van der Waals surface area contributed by atoms with Crippen molar-refractivity contribution < 1.29 is 41.5 Å². The number of hydrogen-bond donors (Lipinski definition) is 0. The summed E-state index contributed by atoms with van der Waals surface area (Å²) in [6.45, 7) is 0. The van der Waals surface area contributed by atoms with Crippen molar-refractivity contribution in [3.63, 3.8) is 0 Å². The maximum absolute atomic E-state index is 8.47. The van der Waals surface area contributed by atoms with Gasteiger partial charge < -0.3 is 31.3 Å². The molecule has 0 radical (unpaired) electrons. The van der Waals surface area contributed by atoms with Gasteiger partial charge in [-0.3, -0.25) is 6.08 Å². The molecule has 0 aromatic carbocycles. The zero-order valence-electron chi connectivity index (χ0n) is 9.23. The van der Waals surface area contributed by atoms with E-state index in [-0.39, 0.29) is 34.5 Å². The van der Waals surface area contributed by atoms with E-state index in [1.165, 1.54) is 0 Å². The van der Waals surface area contributed by atoms with Crippen LogP contribution in [0.3, 0.4) is 0 Å². The molecule has 0 aromatic rings. The molecule has 0 unspecified atom stereocenters. The summed E-state index contributed by atoms with van der Waals surface area (Å²) in [5.41, 5.74) is 11.1. The Kier molecular flexibility index (Phi) is 120. The monoisotopic (exact) mass is 263 g/mol. The summed E-state index contributed by atoms with van der Waals surface area (Å²) in [6.07, 6.45) is 10.0. The predicted molar refractivity (Wildman–Crippen MR) is 54.2 cm³/mol. The normalized spacial score (nSPS) is 7.75. The number of rotatable bonds is 0. The summed E-state index contributed by atoms with van der Waals surface area (Å²) in [7, 11) is 1.50. The van der Waals surface area contributed by atoms with E-state index in [2.05, 4.69) is 12.2 Å². The number of allylic oxidation sites excluding steroid dienone is 4. The molecule has 92 valence electrons. The first kappa shape index (κ1) is 29.4. The number of carbonyl (C=O) groups excluding carboxylic acids is 2. The fourth-order valence-electron chi connectivity index (χ4n) is 0.340. The van der Waals surface area contributed by atoms with Gasteiger partial charge in [-0.05, 0) is 0 Å². The minimum absolute atomic E-state index is 0. The van der Waals surface area contributed by atoms with Crippen molar-refractivity contribution in [3.8, 4) is 0 Å². The van der Waals surface area contributed by atoms with Gasteiger partial charge in [0.1, 0.15) is 0 Å². The zero-order chi connectivity index (χ0) is 12.9. The standard InChI is InChI=1S/C5H5.2CH3NO.2CH3O.Ti/c1-2-4-5-3-1;2*2-1-3;2*1-2;/h1-3H,4H2;2*1H,(H2,2,3);2*1H3;/q-1;;;2*-1;+2/p-2. The molecule has 0 aromatic heterocycles. The van der Waals surface area contributed by atoms with Gasteiger partial charge in [0.25, 0.3) is 0 Å². The number of amides is 2. The molecule has 2 N–H and O–H groups in total. The van der Waals surface area contributed by atoms with Crippen LogP contribution in [-0.2, 0) is 31.3 Å². The predicted octanol–water partition coefficient (Wildman–Crippen LogP) is -0.354. The van der Waals surface area contributed by atoms with E-state index in [4.69, 9.17) is 31.3 Å². The maximum atomic E-state index is 8.47. The molecule has 0 atom stereocenters. The van der Waals surface area contributed by atoms with Crippen molar-refractivity contribution in [1.82, 2.24) is 0 Å². The summed E-state index contributed by atoms with van der Waals surface area (Å²) in [4.78, 5) is 16.9. The molecule has 7 heteroatoms. The van der Waals surface area contributed by atoms with Gasteiger partial charge in [0.2, 0.25) is 0 Å². The van der Waals surface area contributed by atoms with Crippen LogP contribution in [0.5, 0.6) is 0 Å². The zero-order valence-corrected chi connectivity index (χ0v) is 10.8. The van der Waals surface area contributed by atoms with E-state index in [0.29, 0.717) is 0 Å². The summed E-state index contributed by atoms with van der Waals surface area (Å²) in [5, 5.41) is 16.5. The van der Waals surface area contributed by atoms with Gasteiger partial charge in [-0.15, -0.1) is 6.42 Å². The first-order valence-corrected chi connectivity index (χ1v) is 3.58. The van der Waals surface area contributed by atoms with Crippen molar-refractivity contribution >= 4 is 12.8 Å². The molecule has 0 heterocycles. The van der Waals surface area contributed by atoms with E-state index >= 15 is 0 Å². The van der Waals surface area contributed by atoms with E-state index in [0.717, 1.165) is 20.6 Å². The Morgan fingerprint density at radius 1 is 1.12 bits per heavy atom. The average Bonchev–Trinajstić information content (AvgIpc) is 2.83. The van der Waals surface area contributed by atoms with Gasteiger partial charge in [-0.25, -0.2) is 12.2 Å². The second-order valence-corrected chi connectivity index (χ2v) is 1.24. The molecular weight excluding hydrogens is 248 g/mol. The minimum Gasteiger partial charge on any atom is -0.857 e. The summed E-state index contributed by atoms with van der Waals surface area (Å²) >= 11 is 0. The smallest absolute Gasteiger partial charge is 0.857 e. The van der Waals surface area contributed by atoms with Gasteiger partial charge in [-0.1, -0.05) is 0 Å². The Morgan fingerprint density at radius 3 is 1.50 bits per heavy atom. The third kappa shape index (κ3) is 115. The van der Waals surface area contributed by atoms with Crippen molar-refractivity contribution in [3.05, 3.63) is 35.8 Å². The third-order valence-electron chi connectivity index (χ3n) is 0.586. The molecule has 1 aliphatic rings. The third-order valence-corrected chi connectivity index (χ3v) is 0.586. The molecule has 16 heavy (non-hydrogen) atoms. The van der Waals surface area contributed by atoms with Crippen LogP contribution in [0.4, 0.5) is 0 Å². The molecule has 6 nitrogen and oxygen atoms in total. The van der Waals surface area contributed by atoms with Crippen LogP contribution in [0.15, 0.2) is 18.2 Å². The Balaban J connectivity index is -0.0000000332. The van der Waals surface area contributed by atoms with Gasteiger partial charge in [0, 0.05) is 12.8 Å². The number of hydrogen-bond acceptors (Lipinski definition) is 4. The maximum Gasteiger partial charge on any atom is 2.00 e. The molecule has 0 aliphatic heterocycles. The van der Waals surface area contributed by atoms with E-state index < -0.39 is 0 Å². The summed E-state index contributed by atoms with van der Waals surface area (Å²) in [6, 6.07) is 0. The SMILES string of the molecule is C[O-].C[O-].[C-]1=CC=CC1.[NH-]C=O.[NH-]C=O.[Ti+2]. The second kappa shape index (κ2) is 65.3. The van der Waals surface area contributed by atoms with Crippen molar-refractivity contribution in [1.29, 1.82) is 0 Å². The Hall–Kier alpha value is -0.946. The van der Waals surface area contributed by atoms with E-state index in [1.54, 1.807) is 0 Å². The molecule has 0 saturated carbocycles. The molecule has 1 aliphatic carbocycles. The van der Waals surface area contributed by atoms with Gasteiger partial charge >= 0.3 is 21.7 Å². The average molecular weight is 263 g/mol. The first-order valence-electron chi connectivity index (χ1n) is 3.58. The number of carbonyl (C=O) groups is 2. The van der Waals surface area contributed by atoms with Gasteiger partial charge in [-0.2, -0.15) is 20.3 Å². The van der Waals surface area contributed by atoms with E-state index in [1.807, 2.05) is 12.2 Å². The molecule has 0 bridgehead atoms. The molecule has 2 amide bonds. The van der Waals surface area contributed by atoms with Gasteiger partial charge in [0.05, 0.1) is 0 Å². The van der Waals surface area contributed by atoms with Crippen LogP contribution in [0, 0.1) is 6.08 Å². The van der Waals surface area contributed by atoms with Crippen LogP contribution < -0.4 is 10.2 Å². The topological polar surface area (TPSA) is 128 Å². The quantitative estimate of drug-likeness (QED) is 0.336. The summed E-state index contributed by atoms with van der Waals surface area (Å²) < 4.78 is 0. The van der Waals surface area contributed by atoms with Crippen LogP contribution in [0.1, 0.15) is 6.42 Å². The van der Waals surface area contributed by atoms with Crippen LogP contribution >= 0.6 is 0 Å². The Labute approximate surface area is 111 Å². The van der Waals surface area contributed by atoms with Crippen LogP contribution in [0.2, 0.25) is 0 Å². The molecule has 0 fully saturated rings. The fraction of sp³-hybridized carbons (Fsp3) is 0.333. The fourth-order valence-corrected chi connectivity index (χ4v) is 0.340. The van der Waals surface area contributed by atoms with Crippen molar-refractivity contribution in [2.75, 3.05) is 14.2 Å². The van der Waals surface area contributed by atoms with E-state index in [9.17, 15) is 0 Å². The summed E-state index contributed by atoms with van der Waals surface area (Å²) in [5.74, 6) is 0. The second-order valence-electron chi connectivity index (χ2n) is 1.24. The first-order chi connectivity index (χ1) is 7.33. The molecule has 0 saturated heterocycles. The molecule has 1 rings (SSSR count). The Morgan fingerprint density at radius 2 is 1.44 bits per heavy atom. The molecule has 0 spiro atoms. The van der Waals surface area contributed by atoms with Crippen LogP contribution in [0.25, 0.3) is 11.5 Å². The van der Waals surface area contributed by atoms with Gasteiger partial charge in [0.15, 0.2) is 0 Å². The number of nitrogens with one attached hydrogen (secondary N) is 2. The molecular formula is C9H15N2O4Ti-3. The van der Waals surface area contributed by atoms with Crippen molar-refractivity contribution in [2.45, 2.75) is 6.42 Å².